The van der Waals surface area contributed by atoms with E-state index in [0.717, 1.165) is 18.8 Å². The highest BCUT2D eigenvalue weighted by Gasteiger charge is 2.24. The summed E-state index contributed by atoms with van der Waals surface area (Å²) in [6, 6.07) is 17.1. The molecular formula is C22H26N4O3. The van der Waals surface area contributed by atoms with Crippen LogP contribution in [0, 0.1) is 0 Å². The lowest BCUT2D eigenvalue weighted by molar-refractivity contribution is -0.131. The van der Waals surface area contributed by atoms with E-state index in [1.54, 1.807) is 29.2 Å². The van der Waals surface area contributed by atoms with Crippen LogP contribution in [0.4, 0.5) is 17.1 Å². The van der Waals surface area contributed by atoms with E-state index >= 15 is 0 Å². The zero-order valence-corrected chi connectivity index (χ0v) is 16.8. The SMILES string of the molecule is CC(=O)Nc1cccc(N(CC(=O)N2CCN(c3ccccc3)CC2)C(C)=O)c1. The fourth-order valence-corrected chi connectivity index (χ4v) is 3.43. The Morgan fingerprint density at radius 3 is 2.24 bits per heavy atom. The Labute approximate surface area is 170 Å². The quantitative estimate of drug-likeness (QED) is 0.845. The average Bonchev–Trinajstić information content (AvgIpc) is 2.72. The van der Waals surface area contributed by atoms with Gasteiger partial charge in [0.15, 0.2) is 0 Å². The minimum atomic E-state index is -0.221. The van der Waals surface area contributed by atoms with E-state index in [1.165, 1.54) is 18.7 Å². The Kier molecular flexibility index (Phi) is 6.49. The molecule has 2 aromatic carbocycles. The first-order chi connectivity index (χ1) is 13.9. The van der Waals surface area contributed by atoms with E-state index < -0.39 is 0 Å². The van der Waals surface area contributed by atoms with Gasteiger partial charge in [-0.25, -0.2) is 0 Å². The van der Waals surface area contributed by atoms with E-state index in [1.807, 2.05) is 18.2 Å². The predicted octanol–water partition coefficient (Wildman–Crippen LogP) is 2.35. The number of para-hydroxylation sites is 1. The maximum atomic E-state index is 12.8. The highest BCUT2D eigenvalue weighted by Crippen LogP contribution is 2.21. The molecule has 7 heteroatoms. The standard InChI is InChI=1S/C22H26N4O3/c1-17(27)23-19-7-6-10-21(15-19)26(18(2)28)16-22(29)25-13-11-24(12-14-25)20-8-4-3-5-9-20/h3-10,15H,11-14,16H2,1-2H3,(H,23,27). The van der Waals surface area contributed by atoms with Crippen molar-refractivity contribution in [2.75, 3.05) is 47.8 Å². The summed E-state index contributed by atoms with van der Waals surface area (Å²) < 4.78 is 0. The predicted molar refractivity (Wildman–Crippen MR) is 114 cm³/mol. The molecule has 0 saturated carbocycles. The molecule has 0 aromatic heterocycles. The van der Waals surface area contributed by atoms with Crippen LogP contribution in [-0.4, -0.2) is 55.3 Å². The second-order valence-corrected chi connectivity index (χ2v) is 7.04. The minimum Gasteiger partial charge on any atom is -0.368 e. The lowest BCUT2D eigenvalue weighted by Crippen LogP contribution is -2.51. The topological polar surface area (TPSA) is 73.0 Å². The van der Waals surface area contributed by atoms with Crippen LogP contribution < -0.4 is 15.1 Å². The maximum Gasteiger partial charge on any atom is 0.242 e. The van der Waals surface area contributed by atoms with Crippen molar-refractivity contribution in [2.45, 2.75) is 13.8 Å². The molecule has 0 aliphatic carbocycles. The van der Waals surface area contributed by atoms with Crippen LogP contribution in [0.1, 0.15) is 13.8 Å². The van der Waals surface area contributed by atoms with Gasteiger partial charge in [0.25, 0.3) is 0 Å². The van der Waals surface area contributed by atoms with Gasteiger partial charge in [-0.1, -0.05) is 24.3 Å². The minimum absolute atomic E-state index is 0.0236. The van der Waals surface area contributed by atoms with Crippen LogP contribution in [0.15, 0.2) is 54.6 Å². The summed E-state index contributed by atoms with van der Waals surface area (Å²) in [6.07, 6.45) is 0. The van der Waals surface area contributed by atoms with E-state index in [-0.39, 0.29) is 24.3 Å². The highest BCUT2D eigenvalue weighted by atomic mass is 16.2. The summed E-state index contributed by atoms with van der Waals surface area (Å²) in [5.41, 5.74) is 2.32. The molecule has 3 rings (SSSR count). The van der Waals surface area contributed by atoms with Crippen molar-refractivity contribution in [2.24, 2.45) is 0 Å². The maximum absolute atomic E-state index is 12.8. The van der Waals surface area contributed by atoms with Crippen LogP contribution in [0.25, 0.3) is 0 Å². The molecule has 0 radical (unpaired) electrons. The fraction of sp³-hybridized carbons (Fsp3) is 0.318. The molecule has 0 spiro atoms. The Morgan fingerprint density at radius 2 is 1.62 bits per heavy atom. The molecule has 7 nitrogen and oxygen atoms in total. The lowest BCUT2D eigenvalue weighted by atomic mass is 10.2. The molecule has 152 valence electrons. The molecule has 0 unspecified atom stereocenters. The summed E-state index contributed by atoms with van der Waals surface area (Å²) in [6.45, 7) is 5.59. The number of anilines is 3. The Balaban J connectivity index is 1.63. The van der Waals surface area contributed by atoms with Crippen LogP contribution in [0.3, 0.4) is 0 Å². The van der Waals surface area contributed by atoms with Crippen molar-refractivity contribution < 1.29 is 14.4 Å². The summed E-state index contributed by atoms with van der Waals surface area (Å²) in [7, 11) is 0. The third kappa shape index (κ3) is 5.34. The average molecular weight is 394 g/mol. The van der Waals surface area contributed by atoms with Gasteiger partial charge in [0.1, 0.15) is 6.54 Å². The molecule has 1 N–H and O–H groups in total. The van der Waals surface area contributed by atoms with Gasteiger partial charge in [-0.3, -0.25) is 14.4 Å². The lowest BCUT2D eigenvalue weighted by Gasteiger charge is -2.37. The number of benzene rings is 2. The monoisotopic (exact) mass is 394 g/mol. The van der Waals surface area contributed by atoms with Gasteiger partial charge in [-0.15, -0.1) is 0 Å². The van der Waals surface area contributed by atoms with Gasteiger partial charge in [0.05, 0.1) is 0 Å². The molecule has 1 fully saturated rings. The van der Waals surface area contributed by atoms with E-state index in [2.05, 4.69) is 22.3 Å². The largest absolute Gasteiger partial charge is 0.368 e. The first-order valence-electron chi connectivity index (χ1n) is 9.67. The summed E-state index contributed by atoms with van der Waals surface area (Å²) >= 11 is 0. The van der Waals surface area contributed by atoms with E-state index in [0.29, 0.717) is 24.5 Å². The number of nitrogens with one attached hydrogen (secondary N) is 1. The van der Waals surface area contributed by atoms with Gasteiger partial charge < -0.3 is 20.0 Å². The zero-order valence-electron chi connectivity index (χ0n) is 16.8. The molecule has 1 aliphatic rings. The van der Waals surface area contributed by atoms with E-state index in [4.69, 9.17) is 0 Å². The number of carbonyl (C=O) groups is 3. The number of amides is 3. The molecule has 1 aliphatic heterocycles. The summed E-state index contributed by atoms with van der Waals surface area (Å²) in [4.78, 5) is 41.8. The van der Waals surface area contributed by atoms with Gasteiger partial charge in [-0.05, 0) is 30.3 Å². The molecular weight excluding hydrogens is 368 g/mol. The third-order valence-electron chi connectivity index (χ3n) is 4.91. The Hall–Kier alpha value is -3.35. The molecule has 1 heterocycles. The van der Waals surface area contributed by atoms with Gasteiger partial charge >= 0.3 is 0 Å². The first kappa shape index (κ1) is 20.4. The number of carbonyl (C=O) groups excluding carboxylic acids is 3. The number of hydrogen-bond acceptors (Lipinski definition) is 4. The van der Waals surface area contributed by atoms with Crippen LogP contribution >= 0.6 is 0 Å². The number of piperazine rings is 1. The molecule has 0 bridgehead atoms. The van der Waals surface area contributed by atoms with Crippen molar-refractivity contribution in [1.29, 1.82) is 0 Å². The van der Waals surface area contributed by atoms with Crippen molar-refractivity contribution in [3.05, 3.63) is 54.6 Å². The fourth-order valence-electron chi connectivity index (χ4n) is 3.43. The van der Waals surface area contributed by atoms with Crippen LogP contribution in [0.5, 0.6) is 0 Å². The third-order valence-corrected chi connectivity index (χ3v) is 4.91. The second kappa shape index (κ2) is 9.23. The summed E-state index contributed by atoms with van der Waals surface area (Å²) in [5.74, 6) is -0.497. The first-order valence-corrected chi connectivity index (χ1v) is 9.67. The number of hydrogen-bond donors (Lipinski definition) is 1. The molecule has 2 aromatic rings. The summed E-state index contributed by atoms with van der Waals surface area (Å²) in [5, 5.41) is 2.70. The van der Waals surface area contributed by atoms with Crippen molar-refractivity contribution in [3.63, 3.8) is 0 Å². The van der Waals surface area contributed by atoms with Crippen molar-refractivity contribution >= 4 is 34.8 Å². The van der Waals surface area contributed by atoms with Gasteiger partial charge in [0, 0.05) is 57.1 Å². The highest BCUT2D eigenvalue weighted by molar-refractivity contribution is 5.98. The van der Waals surface area contributed by atoms with Crippen LogP contribution in [-0.2, 0) is 14.4 Å². The van der Waals surface area contributed by atoms with Gasteiger partial charge in [0.2, 0.25) is 17.7 Å². The number of nitrogens with zero attached hydrogens (tertiary/aromatic N) is 3. The molecule has 0 atom stereocenters. The number of rotatable bonds is 5. The molecule has 1 saturated heterocycles. The second-order valence-electron chi connectivity index (χ2n) is 7.04. The Morgan fingerprint density at radius 1 is 0.931 bits per heavy atom. The van der Waals surface area contributed by atoms with Crippen LogP contribution in [0.2, 0.25) is 0 Å². The zero-order chi connectivity index (χ0) is 20.8. The van der Waals surface area contributed by atoms with Gasteiger partial charge in [-0.2, -0.15) is 0 Å². The normalized spacial score (nSPS) is 13.7. The van der Waals surface area contributed by atoms with Crippen molar-refractivity contribution in [3.8, 4) is 0 Å². The van der Waals surface area contributed by atoms with E-state index in [9.17, 15) is 14.4 Å². The smallest absolute Gasteiger partial charge is 0.242 e. The van der Waals surface area contributed by atoms with Crippen molar-refractivity contribution in [1.82, 2.24) is 4.90 Å². The molecule has 29 heavy (non-hydrogen) atoms. The molecule has 3 amide bonds. The Bertz CT molecular complexity index is 877.